The minimum atomic E-state index is -0.816. The molecule has 10 atom stereocenters. The summed E-state index contributed by atoms with van der Waals surface area (Å²) in [6, 6.07) is 0. The van der Waals surface area contributed by atoms with Crippen molar-refractivity contribution in [2.24, 2.45) is 17.3 Å². The second-order valence-electron chi connectivity index (χ2n) is 16.3. The van der Waals surface area contributed by atoms with E-state index in [-0.39, 0.29) is 66.9 Å². The zero-order valence-corrected chi connectivity index (χ0v) is 31.7. The predicted molar refractivity (Wildman–Crippen MR) is 188 cm³/mol. The third-order valence-electron chi connectivity index (χ3n) is 13.3. The van der Waals surface area contributed by atoms with Crippen LogP contribution in [0.3, 0.4) is 0 Å². The highest BCUT2D eigenvalue weighted by Crippen LogP contribution is 2.83. The molecule has 6 fully saturated rings. The number of ether oxygens (including phenoxy) is 7. The molecule has 8 aliphatic rings. The average molecular weight is 749 g/mol. The van der Waals surface area contributed by atoms with Crippen LogP contribution >= 0.6 is 21.6 Å². The van der Waals surface area contributed by atoms with Gasteiger partial charge in [0.1, 0.15) is 30.0 Å². The first-order chi connectivity index (χ1) is 24.6. The number of hydrogen-bond donors (Lipinski definition) is 0. The van der Waals surface area contributed by atoms with Crippen molar-refractivity contribution in [2.75, 3.05) is 25.6 Å². The van der Waals surface area contributed by atoms with Gasteiger partial charge in [0.05, 0.1) is 32.2 Å². The molecule has 5 aliphatic heterocycles. The lowest BCUT2D eigenvalue weighted by Crippen LogP contribution is -2.70. The van der Waals surface area contributed by atoms with Gasteiger partial charge in [-0.2, -0.15) is 0 Å². The minimum absolute atomic E-state index is 0.0560. The van der Waals surface area contributed by atoms with Crippen molar-refractivity contribution in [2.45, 2.75) is 157 Å². The zero-order valence-electron chi connectivity index (χ0n) is 30.1. The minimum Gasteiger partial charge on any atom is -0.466 e. The third-order valence-corrected chi connectivity index (χ3v) is 16.3. The SMILES string of the molecule is CC(C)C12OC1C1OC13C1(C)CCC4=C(COC4=O)C1CC1OC13C2OC(=O)CCC(=O)OCCCCCCOC(=O)CCCCC1CCSS1. The van der Waals surface area contributed by atoms with Gasteiger partial charge in [-0.3, -0.25) is 14.4 Å². The quantitative estimate of drug-likeness (QED) is 0.0583. The fourth-order valence-corrected chi connectivity index (χ4v) is 13.5. The maximum absolute atomic E-state index is 13.4. The van der Waals surface area contributed by atoms with Gasteiger partial charge in [-0.15, -0.1) is 0 Å². The molecule has 282 valence electrons. The Labute approximate surface area is 308 Å². The van der Waals surface area contributed by atoms with Crippen molar-refractivity contribution in [1.82, 2.24) is 0 Å². The van der Waals surface area contributed by atoms with Gasteiger partial charge in [-0.05, 0) is 81.6 Å². The fourth-order valence-electron chi connectivity index (χ4n) is 10.5. The smallest absolute Gasteiger partial charge is 0.334 e. The van der Waals surface area contributed by atoms with Gasteiger partial charge in [0.25, 0.3) is 0 Å². The van der Waals surface area contributed by atoms with Crippen molar-refractivity contribution >= 4 is 45.5 Å². The molecule has 0 bridgehead atoms. The highest BCUT2D eigenvalue weighted by atomic mass is 33.1. The molecule has 3 aliphatic carbocycles. The maximum atomic E-state index is 13.4. The Morgan fingerprint density at radius 2 is 1.65 bits per heavy atom. The molecular formula is C38H52O11S2. The summed E-state index contributed by atoms with van der Waals surface area (Å²) < 4.78 is 42.5. The first kappa shape index (κ1) is 36.2. The molecule has 51 heavy (non-hydrogen) atoms. The van der Waals surface area contributed by atoms with Gasteiger partial charge in [-0.1, -0.05) is 48.8 Å². The molecule has 2 saturated carbocycles. The van der Waals surface area contributed by atoms with Crippen LogP contribution in [0.25, 0.3) is 0 Å². The lowest BCUT2D eigenvalue weighted by atomic mass is 9.46. The van der Waals surface area contributed by atoms with Gasteiger partial charge in [0, 0.05) is 28.4 Å². The van der Waals surface area contributed by atoms with Crippen molar-refractivity contribution in [3.05, 3.63) is 11.1 Å². The number of unbranched alkanes of at least 4 members (excludes halogenated alkanes) is 4. The standard InChI is InChI=1S/C38H52O11S2/c1-22(2)36-31(48-36)32-38(49-32)35(3)16-14-24-25(21-45-33(24)42)26(35)20-27-37(38,47-27)34(36)46-30(41)13-12-29(40)44-18-9-5-4-8-17-43-28(39)11-7-6-10-23-15-19-50-51-23/h22-23,26-27,31-32,34H,4-21H2,1-3H3. The Kier molecular flexibility index (Phi) is 9.80. The topological polar surface area (TPSA) is 143 Å². The van der Waals surface area contributed by atoms with E-state index < -0.39 is 34.8 Å². The van der Waals surface area contributed by atoms with Crippen LogP contribution in [0.15, 0.2) is 11.1 Å². The molecule has 0 aromatic heterocycles. The molecule has 5 heterocycles. The molecule has 11 nitrogen and oxygen atoms in total. The summed E-state index contributed by atoms with van der Waals surface area (Å²) in [4.78, 5) is 50.4. The third kappa shape index (κ3) is 5.89. The van der Waals surface area contributed by atoms with Crippen LogP contribution in [-0.2, 0) is 52.3 Å². The summed E-state index contributed by atoms with van der Waals surface area (Å²) in [6.07, 6.45) is 8.94. The molecule has 0 aromatic carbocycles. The van der Waals surface area contributed by atoms with Gasteiger partial charge < -0.3 is 33.2 Å². The van der Waals surface area contributed by atoms with Crippen LogP contribution < -0.4 is 0 Å². The monoisotopic (exact) mass is 748 g/mol. The first-order valence-electron chi connectivity index (χ1n) is 19.3. The van der Waals surface area contributed by atoms with E-state index in [2.05, 4.69) is 20.8 Å². The molecule has 0 aromatic rings. The van der Waals surface area contributed by atoms with Crippen LogP contribution in [0, 0.1) is 17.3 Å². The number of epoxide rings is 3. The first-order valence-corrected chi connectivity index (χ1v) is 21.7. The van der Waals surface area contributed by atoms with E-state index in [0.29, 0.717) is 38.9 Å². The van der Waals surface area contributed by atoms with E-state index in [4.69, 9.17) is 33.2 Å². The van der Waals surface area contributed by atoms with Crippen molar-refractivity contribution in [1.29, 1.82) is 0 Å². The lowest BCUT2D eigenvalue weighted by molar-refractivity contribution is -0.170. The second-order valence-corrected chi connectivity index (χ2v) is 19.1. The molecule has 4 saturated heterocycles. The number of carbonyl (C=O) groups is 4. The highest BCUT2D eigenvalue weighted by molar-refractivity contribution is 8.77. The van der Waals surface area contributed by atoms with Crippen molar-refractivity contribution in [3.8, 4) is 0 Å². The van der Waals surface area contributed by atoms with Crippen LogP contribution in [0.4, 0.5) is 0 Å². The fraction of sp³-hybridized carbons (Fsp3) is 0.842. The van der Waals surface area contributed by atoms with E-state index >= 15 is 0 Å². The number of carbonyl (C=O) groups excluding carboxylic acids is 4. The molecule has 8 rings (SSSR count). The number of fused-ring (bicyclic) bond motifs is 4. The van der Waals surface area contributed by atoms with E-state index in [1.165, 1.54) is 18.6 Å². The lowest BCUT2D eigenvalue weighted by Gasteiger charge is -2.53. The molecule has 10 unspecified atom stereocenters. The molecule has 0 amide bonds. The average Bonchev–Trinajstić information content (AvgIpc) is 4.05. The van der Waals surface area contributed by atoms with Gasteiger partial charge in [0.2, 0.25) is 0 Å². The number of rotatable bonds is 17. The van der Waals surface area contributed by atoms with Crippen LogP contribution in [0.2, 0.25) is 0 Å². The number of esters is 4. The summed E-state index contributed by atoms with van der Waals surface area (Å²) in [6.45, 7) is 7.45. The summed E-state index contributed by atoms with van der Waals surface area (Å²) >= 11 is 0. The molecule has 0 radical (unpaired) electrons. The molecule has 13 heteroatoms. The van der Waals surface area contributed by atoms with Crippen LogP contribution in [0.5, 0.6) is 0 Å². The van der Waals surface area contributed by atoms with Crippen LogP contribution in [-0.4, -0.2) is 95.9 Å². The van der Waals surface area contributed by atoms with E-state index in [9.17, 15) is 19.2 Å². The maximum Gasteiger partial charge on any atom is 0.334 e. The predicted octanol–water partition coefficient (Wildman–Crippen LogP) is 5.80. The Morgan fingerprint density at radius 3 is 2.37 bits per heavy atom. The summed E-state index contributed by atoms with van der Waals surface area (Å²) in [5, 5.41) is 0.749. The van der Waals surface area contributed by atoms with Gasteiger partial charge >= 0.3 is 23.9 Å². The van der Waals surface area contributed by atoms with Gasteiger partial charge in [0.15, 0.2) is 11.7 Å². The molecular weight excluding hydrogens is 697 g/mol. The van der Waals surface area contributed by atoms with E-state index in [1.54, 1.807) is 0 Å². The van der Waals surface area contributed by atoms with Crippen molar-refractivity contribution < 1.29 is 52.3 Å². The highest BCUT2D eigenvalue weighted by Gasteiger charge is 3.01. The summed E-state index contributed by atoms with van der Waals surface area (Å²) in [7, 11) is 3.93. The largest absolute Gasteiger partial charge is 0.466 e. The van der Waals surface area contributed by atoms with E-state index in [1.807, 2.05) is 21.6 Å². The van der Waals surface area contributed by atoms with Crippen LogP contribution in [0.1, 0.15) is 111 Å². The van der Waals surface area contributed by atoms with Gasteiger partial charge in [-0.25, -0.2) is 4.79 Å². The van der Waals surface area contributed by atoms with Crippen molar-refractivity contribution in [3.63, 3.8) is 0 Å². The summed E-state index contributed by atoms with van der Waals surface area (Å²) in [5.41, 5.74) is -0.607. The molecule has 0 N–H and O–H groups in total. The Bertz CT molecular complexity index is 1460. The number of hydrogen-bond acceptors (Lipinski definition) is 13. The van der Waals surface area contributed by atoms with E-state index in [0.717, 1.165) is 54.9 Å². The second kappa shape index (κ2) is 13.8. The Morgan fingerprint density at radius 1 is 0.902 bits per heavy atom. The summed E-state index contributed by atoms with van der Waals surface area (Å²) in [5.74, 6) is 0.179. The Hall–Kier alpha value is -1.80. The zero-order chi connectivity index (χ0) is 35.6. The normalized spacial score (nSPS) is 40.6. The molecule has 2 spiro atoms. The number of cyclic esters (lactones) is 1. The Balaban J connectivity index is 0.766.